The molecule has 0 bridgehead atoms. The van der Waals surface area contributed by atoms with Crippen LogP contribution in [0.3, 0.4) is 0 Å². The van der Waals surface area contributed by atoms with Gasteiger partial charge >= 0.3 is 5.97 Å². The zero-order chi connectivity index (χ0) is 13.8. The van der Waals surface area contributed by atoms with Crippen molar-refractivity contribution in [2.45, 2.75) is 13.5 Å². The number of carboxylic acid groups (broad SMARTS) is 1. The van der Waals surface area contributed by atoms with Gasteiger partial charge in [-0.15, -0.1) is 0 Å². The molecule has 0 saturated heterocycles. The standard InChI is InChI=1S/C15H16N2O2/c1-11-5-6-13(15(18)19)14(8-11)17(2)10-12-4-3-7-16-9-12/h3-9H,10H2,1-2H3,(H,18,19). The summed E-state index contributed by atoms with van der Waals surface area (Å²) < 4.78 is 0. The summed E-state index contributed by atoms with van der Waals surface area (Å²) in [5, 5.41) is 9.23. The van der Waals surface area contributed by atoms with Gasteiger partial charge in [-0.25, -0.2) is 4.79 Å². The van der Waals surface area contributed by atoms with Gasteiger partial charge in [-0.05, 0) is 36.2 Å². The molecule has 19 heavy (non-hydrogen) atoms. The number of aromatic carboxylic acids is 1. The number of hydrogen-bond acceptors (Lipinski definition) is 3. The van der Waals surface area contributed by atoms with Gasteiger partial charge in [0, 0.05) is 26.0 Å². The normalized spacial score (nSPS) is 10.2. The number of carboxylic acids is 1. The Hall–Kier alpha value is -2.36. The average Bonchev–Trinajstić information content (AvgIpc) is 2.39. The van der Waals surface area contributed by atoms with Crippen molar-refractivity contribution in [2.75, 3.05) is 11.9 Å². The lowest BCUT2D eigenvalue weighted by atomic mass is 10.1. The lowest BCUT2D eigenvalue weighted by Crippen LogP contribution is -2.19. The van der Waals surface area contributed by atoms with Crippen molar-refractivity contribution >= 4 is 11.7 Å². The molecule has 0 aliphatic heterocycles. The van der Waals surface area contributed by atoms with Gasteiger partial charge in [0.25, 0.3) is 0 Å². The van der Waals surface area contributed by atoms with Crippen LogP contribution >= 0.6 is 0 Å². The van der Waals surface area contributed by atoms with Gasteiger partial charge < -0.3 is 10.0 Å². The molecule has 0 atom stereocenters. The second-order valence-electron chi connectivity index (χ2n) is 4.54. The summed E-state index contributed by atoms with van der Waals surface area (Å²) in [5.74, 6) is -0.909. The summed E-state index contributed by atoms with van der Waals surface area (Å²) >= 11 is 0. The predicted molar refractivity (Wildman–Crippen MR) is 74.5 cm³/mol. The van der Waals surface area contributed by atoms with Crippen LogP contribution < -0.4 is 4.90 Å². The van der Waals surface area contributed by atoms with Crippen LogP contribution in [0, 0.1) is 6.92 Å². The number of aryl methyl sites for hydroxylation is 1. The minimum atomic E-state index is -0.909. The summed E-state index contributed by atoms with van der Waals surface area (Å²) in [5.41, 5.74) is 3.12. The highest BCUT2D eigenvalue weighted by Gasteiger charge is 2.13. The van der Waals surface area contributed by atoms with Crippen molar-refractivity contribution in [3.63, 3.8) is 0 Å². The molecule has 0 aliphatic carbocycles. The third-order valence-electron chi connectivity index (χ3n) is 2.94. The molecule has 2 aromatic rings. The summed E-state index contributed by atoms with van der Waals surface area (Å²) in [6.07, 6.45) is 3.51. The fourth-order valence-corrected chi connectivity index (χ4v) is 1.99. The molecular weight excluding hydrogens is 240 g/mol. The van der Waals surface area contributed by atoms with Crippen LogP contribution in [-0.2, 0) is 6.54 Å². The summed E-state index contributed by atoms with van der Waals surface area (Å²) in [6, 6.07) is 9.19. The molecule has 0 radical (unpaired) electrons. The second kappa shape index (κ2) is 5.52. The number of hydrogen-bond donors (Lipinski definition) is 1. The first-order valence-electron chi connectivity index (χ1n) is 6.02. The zero-order valence-corrected chi connectivity index (χ0v) is 11.0. The Labute approximate surface area is 112 Å². The molecule has 0 saturated carbocycles. The minimum Gasteiger partial charge on any atom is -0.478 e. The molecule has 0 amide bonds. The van der Waals surface area contributed by atoms with Crippen molar-refractivity contribution in [1.82, 2.24) is 4.98 Å². The topological polar surface area (TPSA) is 53.4 Å². The molecule has 0 aliphatic rings. The molecule has 0 fully saturated rings. The van der Waals surface area contributed by atoms with Gasteiger partial charge in [0.15, 0.2) is 0 Å². The van der Waals surface area contributed by atoms with E-state index in [9.17, 15) is 9.90 Å². The minimum absolute atomic E-state index is 0.317. The fourth-order valence-electron chi connectivity index (χ4n) is 1.99. The molecule has 2 rings (SSSR count). The average molecular weight is 256 g/mol. The monoisotopic (exact) mass is 256 g/mol. The van der Waals surface area contributed by atoms with Gasteiger partial charge in [0.05, 0.1) is 11.3 Å². The summed E-state index contributed by atoms with van der Waals surface area (Å²) in [4.78, 5) is 17.2. The first-order chi connectivity index (χ1) is 9.08. The van der Waals surface area contributed by atoms with E-state index < -0.39 is 5.97 Å². The Kier molecular flexibility index (Phi) is 3.80. The van der Waals surface area contributed by atoms with E-state index in [0.29, 0.717) is 12.1 Å². The van der Waals surface area contributed by atoms with Crippen LogP contribution in [-0.4, -0.2) is 23.1 Å². The molecule has 1 aromatic carbocycles. The Morgan fingerprint density at radius 3 is 2.79 bits per heavy atom. The lowest BCUT2D eigenvalue weighted by Gasteiger charge is -2.21. The van der Waals surface area contributed by atoms with Crippen molar-refractivity contribution in [3.8, 4) is 0 Å². The number of benzene rings is 1. The Morgan fingerprint density at radius 2 is 2.16 bits per heavy atom. The summed E-state index contributed by atoms with van der Waals surface area (Å²) in [7, 11) is 1.88. The molecule has 1 aromatic heterocycles. The van der Waals surface area contributed by atoms with Crippen molar-refractivity contribution in [1.29, 1.82) is 0 Å². The maximum atomic E-state index is 11.3. The van der Waals surface area contributed by atoms with Crippen LogP contribution in [0.2, 0.25) is 0 Å². The van der Waals surface area contributed by atoms with Crippen LogP contribution in [0.4, 0.5) is 5.69 Å². The Morgan fingerprint density at radius 1 is 1.37 bits per heavy atom. The number of nitrogens with zero attached hydrogens (tertiary/aromatic N) is 2. The third-order valence-corrected chi connectivity index (χ3v) is 2.94. The van der Waals surface area contributed by atoms with E-state index >= 15 is 0 Å². The van der Waals surface area contributed by atoms with Gasteiger partial charge in [-0.3, -0.25) is 4.98 Å². The van der Waals surface area contributed by atoms with Crippen molar-refractivity contribution < 1.29 is 9.90 Å². The zero-order valence-electron chi connectivity index (χ0n) is 11.0. The Balaban J connectivity index is 2.30. The smallest absolute Gasteiger partial charge is 0.337 e. The van der Waals surface area contributed by atoms with E-state index in [1.165, 1.54) is 0 Å². The van der Waals surface area contributed by atoms with Gasteiger partial charge in [-0.1, -0.05) is 12.1 Å². The van der Waals surface area contributed by atoms with E-state index in [1.807, 2.05) is 43.1 Å². The molecule has 0 spiro atoms. The third kappa shape index (κ3) is 3.10. The largest absolute Gasteiger partial charge is 0.478 e. The number of carbonyl (C=O) groups is 1. The second-order valence-corrected chi connectivity index (χ2v) is 4.54. The molecule has 98 valence electrons. The van der Waals surface area contributed by atoms with E-state index in [1.54, 1.807) is 18.5 Å². The van der Waals surface area contributed by atoms with Crippen LogP contribution in [0.25, 0.3) is 0 Å². The highest BCUT2D eigenvalue weighted by molar-refractivity contribution is 5.94. The predicted octanol–water partition coefficient (Wildman–Crippen LogP) is 2.72. The summed E-state index contributed by atoms with van der Waals surface area (Å²) in [6.45, 7) is 2.57. The fraction of sp³-hybridized carbons (Fsp3) is 0.200. The maximum Gasteiger partial charge on any atom is 0.337 e. The SMILES string of the molecule is Cc1ccc(C(=O)O)c(N(C)Cc2cccnc2)c1. The number of anilines is 1. The van der Waals surface area contributed by atoms with Gasteiger partial charge in [0.2, 0.25) is 0 Å². The number of pyridine rings is 1. The molecule has 4 heteroatoms. The molecular formula is C15H16N2O2. The first kappa shape index (κ1) is 13.1. The van der Waals surface area contributed by atoms with E-state index in [4.69, 9.17) is 0 Å². The molecule has 0 unspecified atom stereocenters. The molecule has 1 N–H and O–H groups in total. The molecule has 4 nitrogen and oxygen atoms in total. The lowest BCUT2D eigenvalue weighted by molar-refractivity contribution is 0.0697. The first-order valence-corrected chi connectivity index (χ1v) is 6.02. The van der Waals surface area contributed by atoms with Gasteiger partial charge in [0.1, 0.15) is 0 Å². The van der Waals surface area contributed by atoms with Crippen molar-refractivity contribution in [2.24, 2.45) is 0 Å². The van der Waals surface area contributed by atoms with Crippen LogP contribution in [0.15, 0.2) is 42.7 Å². The molecule has 1 heterocycles. The number of rotatable bonds is 4. The Bertz CT molecular complexity index is 582. The van der Waals surface area contributed by atoms with Crippen LogP contribution in [0.1, 0.15) is 21.5 Å². The van der Waals surface area contributed by atoms with Crippen molar-refractivity contribution in [3.05, 3.63) is 59.4 Å². The van der Waals surface area contributed by atoms with E-state index in [0.717, 1.165) is 16.8 Å². The van der Waals surface area contributed by atoms with E-state index in [2.05, 4.69) is 4.98 Å². The number of aromatic nitrogens is 1. The van der Waals surface area contributed by atoms with Gasteiger partial charge in [-0.2, -0.15) is 0 Å². The highest BCUT2D eigenvalue weighted by atomic mass is 16.4. The van der Waals surface area contributed by atoms with E-state index in [-0.39, 0.29) is 0 Å². The quantitative estimate of drug-likeness (QED) is 0.913. The maximum absolute atomic E-state index is 11.3. The van der Waals surface area contributed by atoms with Crippen LogP contribution in [0.5, 0.6) is 0 Å². The highest BCUT2D eigenvalue weighted by Crippen LogP contribution is 2.22.